The van der Waals surface area contributed by atoms with Crippen LogP contribution in [0.4, 0.5) is 5.95 Å². The quantitative estimate of drug-likeness (QED) is 0.279. The van der Waals surface area contributed by atoms with E-state index in [0.717, 1.165) is 0 Å². The molecule has 1 aromatic rings. The van der Waals surface area contributed by atoms with Gasteiger partial charge in [0.05, 0.1) is 7.05 Å². The number of nitrogens with zero attached hydrogens (tertiary/aromatic N) is 3. The number of halogens is 2. The number of aromatic nitrogens is 2. The molecule has 22 heavy (non-hydrogen) atoms. The molecule has 9 nitrogen and oxygen atoms in total. The highest BCUT2D eigenvalue weighted by Crippen LogP contribution is 2.39. The Kier molecular flexibility index (Phi) is 7.75. The Morgan fingerprint density at radius 2 is 2.27 bits per heavy atom. The fourth-order valence-corrected chi connectivity index (χ4v) is 3.60. The minimum atomic E-state index is -3.39. The number of alkyl halides is 2. The van der Waals surface area contributed by atoms with Crippen molar-refractivity contribution in [2.24, 2.45) is 7.05 Å². The van der Waals surface area contributed by atoms with Gasteiger partial charge in [-0.1, -0.05) is 4.98 Å². The van der Waals surface area contributed by atoms with E-state index in [9.17, 15) is 14.7 Å². The lowest BCUT2D eigenvalue weighted by Crippen LogP contribution is -2.32. The highest BCUT2D eigenvalue weighted by atomic mass is 35.5. The van der Waals surface area contributed by atoms with Crippen LogP contribution in [0.2, 0.25) is 0 Å². The van der Waals surface area contributed by atoms with Crippen molar-refractivity contribution in [1.82, 2.24) is 19.7 Å². The van der Waals surface area contributed by atoms with E-state index in [2.05, 4.69) is 15.2 Å². The Morgan fingerprint density at radius 1 is 1.59 bits per heavy atom. The van der Waals surface area contributed by atoms with Gasteiger partial charge in [-0.3, -0.25) is 9.09 Å². The summed E-state index contributed by atoms with van der Waals surface area (Å²) in [5.74, 6) is 0.179. The van der Waals surface area contributed by atoms with Crippen LogP contribution in [0, 0.1) is 10.1 Å². The molecule has 0 aliphatic heterocycles. The molecule has 1 rings (SSSR count). The highest BCUT2D eigenvalue weighted by Gasteiger charge is 2.26. The Morgan fingerprint density at radius 3 is 2.77 bits per heavy atom. The maximum atomic E-state index is 12.6. The highest BCUT2D eigenvalue weighted by molar-refractivity contribution is 7.54. The van der Waals surface area contributed by atoms with E-state index in [4.69, 9.17) is 27.7 Å². The van der Waals surface area contributed by atoms with E-state index < -0.39 is 12.6 Å². The van der Waals surface area contributed by atoms with Crippen molar-refractivity contribution < 1.29 is 14.0 Å². The summed E-state index contributed by atoms with van der Waals surface area (Å²) in [5.41, 5.74) is 0.417. The van der Waals surface area contributed by atoms with Gasteiger partial charge >= 0.3 is 13.6 Å². The van der Waals surface area contributed by atoms with Gasteiger partial charge in [-0.25, -0.2) is 14.7 Å². The topological polar surface area (TPSA) is 111 Å². The second-order valence-corrected chi connectivity index (χ2v) is 7.09. The zero-order chi connectivity index (χ0) is 16.8. The van der Waals surface area contributed by atoms with Crippen LogP contribution in [0.15, 0.2) is 6.20 Å². The summed E-state index contributed by atoms with van der Waals surface area (Å²) in [7, 11) is -1.91. The summed E-state index contributed by atoms with van der Waals surface area (Å²) in [5, 5.41) is 16.2. The van der Waals surface area contributed by atoms with Crippen LogP contribution in [0.1, 0.15) is 12.6 Å². The van der Waals surface area contributed by atoms with E-state index in [1.807, 2.05) is 0 Å². The molecule has 0 aliphatic rings. The van der Waals surface area contributed by atoms with E-state index in [0.29, 0.717) is 5.69 Å². The number of nitro groups is 1. The smallest absolute Gasteiger partial charge is 0.390 e. The molecule has 0 radical (unpaired) electrons. The molecule has 0 fully saturated rings. The lowest BCUT2D eigenvalue weighted by atomic mass is 10.4. The number of imidazole rings is 1. The van der Waals surface area contributed by atoms with E-state index in [1.54, 1.807) is 6.92 Å². The fourth-order valence-electron chi connectivity index (χ4n) is 1.54. The van der Waals surface area contributed by atoms with Gasteiger partial charge in [0.25, 0.3) is 0 Å². The van der Waals surface area contributed by atoms with Crippen LogP contribution in [0.5, 0.6) is 0 Å². The van der Waals surface area contributed by atoms with Crippen molar-refractivity contribution in [3.8, 4) is 0 Å². The SMILES string of the molecule is C[C@@H](CCl)NP(=O)(NCCCl)OCc1cnc([N+](=O)[O-])n1C. The van der Waals surface area contributed by atoms with Crippen molar-refractivity contribution >= 4 is 36.8 Å². The third-order valence-corrected chi connectivity index (χ3v) is 5.22. The molecule has 12 heteroatoms. The van der Waals surface area contributed by atoms with Gasteiger partial charge in [0.15, 0.2) is 0 Å². The molecule has 0 aliphatic carbocycles. The summed E-state index contributed by atoms with van der Waals surface area (Å²) in [6.07, 6.45) is 1.30. The Balaban J connectivity index is 2.78. The monoisotopic (exact) mass is 373 g/mol. The van der Waals surface area contributed by atoms with Gasteiger partial charge in [-0.2, -0.15) is 0 Å². The Bertz CT molecular complexity index is 555. The predicted octanol–water partition coefficient (Wildman–Crippen LogP) is 2.00. The van der Waals surface area contributed by atoms with Gasteiger partial charge in [0, 0.05) is 24.3 Å². The Labute approximate surface area is 138 Å². The second kappa shape index (κ2) is 8.81. The van der Waals surface area contributed by atoms with Crippen LogP contribution in [-0.4, -0.2) is 38.8 Å². The van der Waals surface area contributed by atoms with Gasteiger partial charge in [0.1, 0.15) is 18.5 Å². The van der Waals surface area contributed by atoms with E-state index in [-0.39, 0.29) is 36.9 Å². The first-order valence-electron chi connectivity index (χ1n) is 6.37. The first kappa shape index (κ1) is 19.3. The minimum absolute atomic E-state index is 0.119. The minimum Gasteiger partial charge on any atom is -0.390 e. The van der Waals surface area contributed by atoms with Crippen LogP contribution in [0.25, 0.3) is 0 Å². The maximum absolute atomic E-state index is 12.6. The number of hydrogen-bond donors (Lipinski definition) is 2. The summed E-state index contributed by atoms with van der Waals surface area (Å²) >= 11 is 11.3. The van der Waals surface area contributed by atoms with E-state index in [1.165, 1.54) is 17.8 Å². The third kappa shape index (κ3) is 5.49. The lowest BCUT2D eigenvalue weighted by Gasteiger charge is -2.22. The van der Waals surface area contributed by atoms with Crippen molar-refractivity contribution in [1.29, 1.82) is 0 Å². The molecule has 2 N–H and O–H groups in total. The Hall–Kier alpha value is -0.700. The van der Waals surface area contributed by atoms with Gasteiger partial charge < -0.3 is 10.1 Å². The van der Waals surface area contributed by atoms with Crippen LogP contribution in [-0.2, 0) is 22.7 Å². The summed E-state index contributed by atoms with van der Waals surface area (Å²) in [4.78, 5) is 13.8. The molecule has 0 spiro atoms. The van der Waals surface area contributed by atoms with Crippen LogP contribution in [0.3, 0.4) is 0 Å². The van der Waals surface area contributed by atoms with Crippen molar-refractivity contribution in [2.45, 2.75) is 19.6 Å². The standard InChI is InChI=1S/C10H18Cl2N5O4P/c1-8(5-12)15-22(20,14-4-3-11)21-7-9-6-13-10(16(9)2)17(18)19/h6,8H,3-5,7H2,1-2H3,(H2,14,15,20)/t8-,22?/m0/s1. The molecule has 0 saturated heterocycles. The number of hydrogen-bond acceptors (Lipinski definition) is 5. The summed E-state index contributed by atoms with van der Waals surface area (Å²) < 4.78 is 19.3. The molecule has 0 saturated carbocycles. The molecule has 0 amide bonds. The molecular formula is C10H18Cl2N5O4P. The number of rotatable bonds is 10. The van der Waals surface area contributed by atoms with Gasteiger partial charge in [0.2, 0.25) is 0 Å². The predicted molar refractivity (Wildman–Crippen MR) is 84.3 cm³/mol. The normalized spacial score (nSPS) is 15.5. The molecule has 1 heterocycles. The van der Waals surface area contributed by atoms with Crippen LogP contribution >= 0.6 is 30.9 Å². The van der Waals surface area contributed by atoms with Crippen molar-refractivity contribution in [3.05, 3.63) is 22.0 Å². The van der Waals surface area contributed by atoms with Crippen molar-refractivity contribution in [2.75, 3.05) is 18.3 Å². The maximum Gasteiger partial charge on any atom is 0.434 e. The average molecular weight is 374 g/mol. The third-order valence-electron chi connectivity index (χ3n) is 2.65. The number of nitrogens with one attached hydrogen (secondary N) is 2. The summed E-state index contributed by atoms with van der Waals surface area (Å²) in [6, 6.07) is -0.254. The zero-order valence-corrected chi connectivity index (χ0v) is 14.6. The average Bonchev–Trinajstić information content (AvgIpc) is 2.84. The summed E-state index contributed by atoms with van der Waals surface area (Å²) in [6.45, 7) is 1.90. The second-order valence-electron chi connectivity index (χ2n) is 4.47. The largest absolute Gasteiger partial charge is 0.434 e. The molecule has 0 bridgehead atoms. The van der Waals surface area contributed by atoms with Crippen molar-refractivity contribution in [3.63, 3.8) is 0 Å². The van der Waals surface area contributed by atoms with Crippen LogP contribution < -0.4 is 10.2 Å². The van der Waals surface area contributed by atoms with Gasteiger partial charge in [-0.05, 0) is 11.8 Å². The first-order chi connectivity index (χ1) is 10.3. The molecule has 126 valence electrons. The molecule has 1 unspecified atom stereocenters. The molecule has 1 aromatic heterocycles. The molecule has 0 aromatic carbocycles. The van der Waals surface area contributed by atoms with E-state index >= 15 is 0 Å². The van der Waals surface area contributed by atoms with Gasteiger partial charge in [-0.15, -0.1) is 23.2 Å². The zero-order valence-electron chi connectivity index (χ0n) is 12.2. The molecule has 2 atom stereocenters. The molecular weight excluding hydrogens is 356 g/mol. The first-order valence-corrected chi connectivity index (χ1v) is 9.06. The lowest BCUT2D eigenvalue weighted by molar-refractivity contribution is -0.396. The fraction of sp³-hybridized carbons (Fsp3) is 0.700.